The van der Waals surface area contributed by atoms with Crippen LogP contribution >= 0.6 is 0 Å². The lowest BCUT2D eigenvalue weighted by molar-refractivity contribution is -0.135. The standard InChI is InChI=1S/C32H33FN4O3/c1-34-21-27(24-7-5-6-10-28(24)34)30-29(25-8-3-4-9-26(25)31(38)37(30)19-20-40-2)32(39)36-17-15-35(16-18-36)23-13-11-22(33)12-14-23/h3-14,21,29-30H,15-20H2,1-2H3. The Morgan fingerprint density at radius 3 is 2.38 bits per heavy atom. The number of para-hydroxylation sites is 1. The molecule has 0 spiro atoms. The Bertz CT molecular complexity index is 1540. The van der Waals surface area contributed by atoms with Crippen molar-refractivity contribution in [3.8, 4) is 0 Å². The third kappa shape index (κ3) is 4.52. The number of fused-ring (bicyclic) bond motifs is 2. The number of halogens is 1. The lowest BCUT2D eigenvalue weighted by Gasteiger charge is -2.44. The molecule has 0 saturated carbocycles. The number of aromatic nitrogens is 1. The number of aryl methyl sites for hydroxylation is 1. The van der Waals surface area contributed by atoms with Crippen molar-refractivity contribution in [2.24, 2.45) is 7.05 Å². The number of carbonyl (C=O) groups excluding carboxylic acids is 2. The molecule has 1 fully saturated rings. The van der Waals surface area contributed by atoms with Gasteiger partial charge < -0.3 is 24.0 Å². The average Bonchev–Trinajstić information content (AvgIpc) is 3.32. The lowest BCUT2D eigenvalue weighted by atomic mass is 9.78. The Hall–Kier alpha value is -4.17. The summed E-state index contributed by atoms with van der Waals surface area (Å²) in [6, 6.07) is 21.6. The fourth-order valence-electron chi connectivity index (χ4n) is 6.28. The van der Waals surface area contributed by atoms with E-state index in [9.17, 15) is 14.0 Å². The summed E-state index contributed by atoms with van der Waals surface area (Å²) in [4.78, 5) is 34.4. The van der Waals surface area contributed by atoms with E-state index in [-0.39, 0.29) is 17.6 Å². The van der Waals surface area contributed by atoms with E-state index in [1.807, 2.05) is 53.2 Å². The van der Waals surface area contributed by atoms with Crippen LogP contribution in [0.25, 0.3) is 10.9 Å². The van der Waals surface area contributed by atoms with Crippen molar-refractivity contribution in [2.45, 2.75) is 12.0 Å². The fourth-order valence-corrected chi connectivity index (χ4v) is 6.28. The Balaban J connectivity index is 1.40. The van der Waals surface area contributed by atoms with Crippen LogP contribution in [0.1, 0.15) is 33.4 Å². The second kappa shape index (κ2) is 10.8. The molecule has 2 amide bonds. The highest BCUT2D eigenvalue weighted by molar-refractivity contribution is 6.02. The van der Waals surface area contributed by atoms with Crippen LogP contribution in [0.2, 0.25) is 0 Å². The summed E-state index contributed by atoms with van der Waals surface area (Å²) < 4.78 is 20.9. The van der Waals surface area contributed by atoms with Crippen molar-refractivity contribution >= 4 is 28.4 Å². The molecule has 0 radical (unpaired) electrons. The van der Waals surface area contributed by atoms with Crippen molar-refractivity contribution in [1.29, 1.82) is 0 Å². The second-order valence-electron chi connectivity index (χ2n) is 10.5. The fraction of sp³-hybridized carbons (Fsp3) is 0.312. The van der Waals surface area contributed by atoms with Gasteiger partial charge >= 0.3 is 0 Å². The zero-order valence-electron chi connectivity index (χ0n) is 22.8. The van der Waals surface area contributed by atoms with Gasteiger partial charge in [-0.2, -0.15) is 0 Å². The molecule has 2 unspecified atom stereocenters. The van der Waals surface area contributed by atoms with Gasteiger partial charge in [-0.25, -0.2) is 4.39 Å². The molecule has 2 atom stereocenters. The van der Waals surface area contributed by atoms with Crippen LogP contribution in [0.3, 0.4) is 0 Å². The first-order valence-corrected chi connectivity index (χ1v) is 13.7. The number of rotatable bonds is 6. The van der Waals surface area contributed by atoms with Crippen LogP contribution in [-0.2, 0) is 16.6 Å². The minimum absolute atomic E-state index is 0.0130. The van der Waals surface area contributed by atoms with Gasteiger partial charge in [0.25, 0.3) is 5.91 Å². The number of benzene rings is 3. The molecule has 3 heterocycles. The van der Waals surface area contributed by atoms with E-state index in [1.54, 1.807) is 19.2 Å². The Morgan fingerprint density at radius 1 is 0.925 bits per heavy atom. The average molecular weight is 541 g/mol. The Morgan fingerprint density at radius 2 is 1.62 bits per heavy atom. The van der Waals surface area contributed by atoms with Gasteiger partial charge in [-0.15, -0.1) is 0 Å². The van der Waals surface area contributed by atoms with Gasteiger partial charge in [-0.1, -0.05) is 36.4 Å². The van der Waals surface area contributed by atoms with E-state index in [4.69, 9.17) is 4.74 Å². The quantitative estimate of drug-likeness (QED) is 0.359. The first-order valence-electron chi connectivity index (χ1n) is 13.7. The number of anilines is 1. The van der Waals surface area contributed by atoms with E-state index in [0.717, 1.165) is 27.7 Å². The molecule has 40 heavy (non-hydrogen) atoms. The minimum Gasteiger partial charge on any atom is -0.383 e. The number of ether oxygens (including phenoxy) is 1. The third-order valence-corrected chi connectivity index (χ3v) is 8.27. The van der Waals surface area contributed by atoms with Crippen molar-refractivity contribution in [2.75, 3.05) is 51.3 Å². The Labute approximate surface area is 233 Å². The normalized spacial score (nSPS) is 19.3. The van der Waals surface area contributed by atoms with Gasteiger partial charge in [0.2, 0.25) is 5.91 Å². The highest BCUT2D eigenvalue weighted by Crippen LogP contribution is 2.46. The van der Waals surface area contributed by atoms with Crippen LogP contribution in [-0.4, -0.2) is 72.6 Å². The van der Waals surface area contributed by atoms with Crippen LogP contribution in [0, 0.1) is 5.82 Å². The topological polar surface area (TPSA) is 58.0 Å². The molecule has 0 bridgehead atoms. The van der Waals surface area contributed by atoms with Gasteiger partial charge in [-0.05, 0) is 42.0 Å². The summed E-state index contributed by atoms with van der Waals surface area (Å²) in [7, 11) is 3.62. The highest BCUT2D eigenvalue weighted by atomic mass is 19.1. The molecule has 1 saturated heterocycles. The second-order valence-corrected chi connectivity index (χ2v) is 10.5. The van der Waals surface area contributed by atoms with Crippen molar-refractivity contribution in [1.82, 2.24) is 14.4 Å². The van der Waals surface area contributed by atoms with Crippen molar-refractivity contribution in [3.05, 3.63) is 102 Å². The van der Waals surface area contributed by atoms with E-state index in [2.05, 4.69) is 27.8 Å². The van der Waals surface area contributed by atoms with Gasteiger partial charge in [0.15, 0.2) is 0 Å². The lowest BCUT2D eigenvalue weighted by Crippen LogP contribution is -2.53. The maximum atomic E-state index is 14.5. The number of amides is 2. The molecule has 3 aromatic carbocycles. The van der Waals surface area contributed by atoms with Gasteiger partial charge in [-0.3, -0.25) is 9.59 Å². The van der Waals surface area contributed by atoms with Gasteiger partial charge in [0, 0.05) is 80.8 Å². The zero-order chi connectivity index (χ0) is 27.8. The monoisotopic (exact) mass is 540 g/mol. The molecule has 2 aliphatic heterocycles. The van der Waals surface area contributed by atoms with E-state index in [0.29, 0.717) is 44.9 Å². The molecular weight excluding hydrogens is 507 g/mol. The predicted octanol–water partition coefficient (Wildman–Crippen LogP) is 4.59. The summed E-state index contributed by atoms with van der Waals surface area (Å²) in [5.41, 5.74) is 4.29. The SMILES string of the molecule is COCCN1C(=O)c2ccccc2C(C(=O)N2CCN(c3ccc(F)cc3)CC2)C1c1cn(C)c2ccccc12. The van der Waals surface area contributed by atoms with E-state index in [1.165, 1.54) is 12.1 Å². The smallest absolute Gasteiger partial charge is 0.254 e. The van der Waals surface area contributed by atoms with Crippen LogP contribution in [0.5, 0.6) is 0 Å². The highest BCUT2D eigenvalue weighted by Gasteiger charge is 2.46. The molecule has 0 N–H and O–H groups in total. The summed E-state index contributed by atoms with van der Waals surface area (Å²) in [5, 5.41) is 1.03. The molecule has 4 aromatic rings. The molecular formula is C32H33FN4O3. The van der Waals surface area contributed by atoms with Crippen LogP contribution in [0.4, 0.5) is 10.1 Å². The number of piperazine rings is 1. The van der Waals surface area contributed by atoms with Crippen molar-refractivity contribution in [3.63, 3.8) is 0 Å². The van der Waals surface area contributed by atoms with E-state index < -0.39 is 12.0 Å². The number of methoxy groups -OCH3 is 1. The van der Waals surface area contributed by atoms with Crippen molar-refractivity contribution < 1.29 is 18.7 Å². The molecule has 0 aliphatic carbocycles. The molecule has 1 aromatic heterocycles. The van der Waals surface area contributed by atoms with Gasteiger partial charge in [0.1, 0.15) is 5.82 Å². The van der Waals surface area contributed by atoms with Crippen LogP contribution in [0.15, 0.2) is 79.0 Å². The van der Waals surface area contributed by atoms with E-state index >= 15 is 0 Å². The summed E-state index contributed by atoms with van der Waals surface area (Å²) in [5.74, 6) is -0.899. The number of hydrogen-bond donors (Lipinski definition) is 0. The molecule has 7 nitrogen and oxygen atoms in total. The number of carbonyl (C=O) groups is 2. The Kier molecular flexibility index (Phi) is 7.02. The summed E-state index contributed by atoms with van der Waals surface area (Å²) in [6.07, 6.45) is 2.06. The zero-order valence-corrected chi connectivity index (χ0v) is 22.8. The molecule has 6 rings (SSSR count). The largest absolute Gasteiger partial charge is 0.383 e. The summed E-state index contributed by atoms with van der Waals surface area (Å²) in [6.45, 7) is 3.13. The third-order valence-electron chi connectivity index (χ3n) is 8.27. The summed E-state index contributed by atoms with van der Waals surface area (Å²) >= 11 is 0. The maximum absolute atomic E-state index is 14.5. The minimum atomic E-state index is -0.561. The van der Waals surface area contributed by atoms with Gasteiger partial charge in [0.05, 0.1) is 18.6 Å². The number of nitrogens with zero attached hydrogens (tertiary/aromatic N) is 4. The first kappa shape index (κ1) is 26.1. The molecule has 2 aliphatic rings. The number of hydrogen-bond acceptors (Lipinski definition) is 4. The molecule has 8 heteroatoms. The predicted molar refractivity (Wildman–Crippen MR) is 153 cm³/mol. The first-order chi connectivity index (χ1) is 19.5. The van der Waals surface area contributed by atoms with Crippen LogP contribution < -0.4 is 4.90 Å². The molecule has 206 valence electrons. The maximum Gasteiger partial charge on any atom is 0.254 e.